The van der Waals surface area contributed by atoms with Gasteiger partial charge < -0.3 is 19.7 Å². The van der Waals surface area contributed by atoms with Crippen LogP contribution in [0.15, 0.2) is 36.7 Å². The molecule has 3 aromatic rings. The molecule has 0 unspecified atom stereocenters. The Morgan fingerprint density at radius 3 is 2.73 bits per heavy atom. The number of pyridine rings is 1. The molecule has 6 rings (SSSR count). The highest BCUT2D eigenvalue weighted by atomic mass is 32.2. The van der Waals surface area contributed by atoms with Crippen molar-refractivity contribution in [3.8, 4) is 29.1 Å². The normalized spacial score (nSPS) is 26.3. The molecule has 3 aromatic heterocycles. The summed E-state index contributed by atoms with van der Waals surface area (Å²) in [5.41, 5.74) is -0.949. The second kappa shape index (κ2) is 11.4. The number of nitrogens with zero attached hydrogens (tertiary/aromatic N) is 4. The Labute approximate surface area is 252 Å². The quantitative estimate of drug-likeness (QED) is 0.367. The number of rotatable bonds is 7. The lowest BCUT2D eigenvalue weighted by atomic mass is 9.82. The SMILES string of the molecule is C[C@H]1CS(=O)(=O)CC[C@]1(F)c1cc(C#CC2CC2)cnc1O[C@H]1C[C@@H](C(=O)O)N(c2cc(-c3ccc[nH]3)nc(C(F)F)n2)C1. The van der Waals surface area contributed by atoms with Gasteiger partial charge in [0.05, 0.1) is 35.0 Å². The minimum absolute atomic E-state index is 0.0228. The molecule has 1 saturated carbocycles. The number of aliphatic carboxylic acids is 1. The molecule has 4 atom stereocenters. The summed E-state index contributed by atoms with van der Waals surface area (Å²) >= 11 is 0. The van der Waals surface area contributed by atoms with Gasteiger partial charge in [0.1, 0.15) is 23.6 Å². The number of aromatic nitrogens is 4. The van der Waals surface area contributed by atoms with E-state index in [9.17, 15) is 27.1 Å². The minimum atomic E-state index is -3.42. The smallest absolute Gasteiger partial charge is 0.326 e. The Morgan fingerprint density at radius 2 is 2.07 bits per heavy atom. The van der Waals surface area contributed by atoms with Crippen LogP contribution in [0.4, 0.5) is 19.0 Å². The van der Waals surface area contributed by atoms with Crippen molar-refractivity contribution in [2.45, 2.75) is 56.8 Å². The van der Waals surface area contributed by atoms with Gasteiger partial charge in [-0.15, -0.1) is 0 Å². The van der Waals surface area contributed by atoms with E-state index in [2.05, 4.69) is 31.8 Å². The first-order valence-electron chi connectivity index (χ1n) is 14.3. The molecule has 10 nitrogen and oxygen atoms in total. The summed E-state index contributed by atoms with van der Waals surface area (Å²) in [6.45, 7) is 1.45. The number of aromatic amines is 1. The second-order valence-electron chi connectivity index (χ2n) is 11.6. The van der Waals surface area contributed by atoms with Crippen LogP contribution >= 0.6 is 0 Å². The van der Waals surface area contributed by atoms with Crippen LogP contribution in [-0.2, 0) is 20.3 Å². The van der Waals surface area contributed by atoms with Gasteiger partial charge in [-0.05, 0) is 31.0 Å². The maximum absolute atomic E-state index is 16.8. The van der Waals surface area contributed by atoms with Crippen LogP contribution in [0.1, 0.15) is 56.0 Å². The van der Waals surface area contributed by atoms with Gasteiger partial charge in [0.25, 0.3) is 6.43 Å². The highest BCUT2D eigenvalue weighted by Gasteiger charge is 2.48. The van der Waals surface area contributed by atoms with Gasteiger partial charge in [0.2, 0.25) is 5.88 Å². The second-order valence-corrected chi connectivity index (χ2v) is 13.8. The Balaban J connectivity index is 1.33. The maximum atomic E-state index is 16.8. The molecule has 44 heavy (non-hydrogen) atoms. The first-order valence-corrected chi connectivity index (χ1v) is 16.1. The highest BCUT2D eigenvalue weighted by molar-refractivity contribution is 7.91. The zero-order valence-corrected chi connectivity index (χ0v) is 24.5. The molecule has 0 aromatic carbocycles. The third-order valence-corrected chi connectivity index (χ3v) is 10.1. The first-order chi connectivity index (χ1) is 20.9. The summed E-state index contributed by atoms with van der Waals surface area (Å²) in [4.78, 5) is 28.8. The molecule has 3 aliphatic rings. The number of carboxylic acids is 1. The largest absolute Gasteiger partial charge is 0.480 e. The van der Waals surface area contributed by atoms with Crippen LogP contribution in [0.25, 0.3) is 11.4 Å². The lowest BCUT2D eigenvalue weighted by molar-refractivity contribution is -0.138. The van der Waals surface area contributed by atoms with Crippen LogP contribution in [0.5, 0.6) is 5.88 Å². The number of halogens is 3. The van der Waals surface area contributed by atoms with Crippen LogP contribution in [0.2, 0.25) is 0 Å². The van der Waals surface area contributed by atoms with Gasteiger partial charge in [-0.25, -0.2) is 41.3 Å². The monoisotopic (exact) mass is 629 g/mol. The number of carboxylic acid groups (broad SMARTS) is 1. The van der Waals surface area contributed by atoms with E-state index in [1.807, 2.05) is 0 Å². The predicted octanol–water partition coefficient (Wildman–Crippen LogP) is 4.30. The van der Waals surface area contributed by atoms with Crippen LogP contribution < -0.4 is 9.64 Å². The van der Waals surface area contributed by atoms with Crippen molar-refractivity contribution in [1.82, 2.24) is 19.9 Å². The molecule has 1 aliphatic carbocycles. The summed E-state index contributed by atoms with van der Waals surface area (Å²) < 4.78 is 75.0. The fraction of sp³-hybridized carbons (Fsp3) is 0.467. The van der Waals surface area contributed by atoms with Crippen LogP contribution in [0, 0.1) is 23.7 Å². The van der Waals surface area contributed by atoms with Gasteiger partial charge >= 0.3 is 5.97 Å². The van der Waals surface area contributed by atoms with Crippen LogP contribution in [-0.4, -0.2) is 69.6 Å². The van der Waals surface area contributed by atoms with Crippen molar-refractivity contribution in [2.24, 2.45) is 11.8 Å². The summed E-state index contributed by atoms with van der Waals surface area (Å²) in [5.74, 6) is 2.75. The van der Waals surface area contributed by atoms with Gasteiger partial charge in [-0.2, -0.15) is 0 Å². The molecular formula is C30H30F3N5O5S. The van der Waals surface area contributed by atoms with Gasteiger partial charge in [0.15, 0.2) is 15.7 Å². The number of nitrogens with one attached hydrogen (secondary N) is 1. The Kier molecular flexibility index (Phi) is 7.77. The van der Waals surface area contributed by atoms with E-state index >= 15 is 4.39 Å². The fourth-order valence-corrected chi connectivity index (χ4v) is 7.53. The number of anilines is 1. The van der Waals surface area contributed by atoms with Crippen molar-refractivity contribution in [1.29, 1.82) is 0 Å². The van der Waals surface area contributed by atoms with Crippen molar-refractivity contribution in [3.05, 3.63) is 53.6 Å². The van der Waals surface area contributed by atoms with E-state index in [1.54, 1.807) is 18.3 Å². The van der Waals surface area contributed by atoms with Gasteiger partial charge in [-0.1, -0.05) is 18.8 Å². The Hall–Kier alpha value is -4.12. The zero-order valence-electron chi connectivity index (χ0n) is 23.7. The molecule has 2 aliphatic heterocycles. The summed E-state index contributed by atoms with van der Waals surface area (Å²) in [6, 6.07) is 5.08. The minimum Gasteiger partial charge on any atom is -0.480 e. The number of alkyl halides is 3. The van der Waals surface area contributed by atoms with E-state index in [-0.39, 0.29) is 59.8 Å². The summed E-state index contributed by atoms with van der Waals surface area (Å²) in [5, 5.41) is 10.0. The third kappa shape index (κ3) is 6.10. The number of ether oxygens (including phenoxy) is 1. The topological polar surface area (TPSA) is 138 Å². The molecule has 2 N–H and O–H groups in total. The number of sulfone groups is 1. The molecule has 0 bridgehead atoms. The molecule has 3 fully saturated rings. The van der Waals surface area contributed by atoms with Gasteiger partial charge in [0, 0.05) is 48.7 Å². The van der Waals surface area contributed by atoms with Crippen LogP contribution in [0.3, 0.4) is 0 Å². The maximum Gasteiger partial charge on any atom is 0.326 e. The Morgan fingerprint density at radius 1 is 1.27 bits per heavy atom. The summed E-state index contributed by atoms with van der Waals surface area (Å²) in [7, 11) is -3.42. The molecule has 2 saturated heterocycles. The standard InChI is InChI=1S/C30H30F3N5O5S/c1-17-16-44(41,42)10-8-30(17,33)21-11-19(7-6-18-4-5-18)14-35-28(21)43-20-12-24(29(39)40)38(15-20)25-13-23(22-3-2-9-34-22)36-27(37-25)26(31)32/h2-3,9,11,13-14,17-18,20,24,26,34H,4-5,8,10,12,15-16H2,1H3,(H,39,40)/t17-,20-,24-,30+/m0/s1. The van der Waals surface area contributed by atoms with Crippen molar-refractivity contribution >= 4 is 21.6 Å². The molecule has 0 amide bonds. The fourth-order valence-electron chi connectivity index (χ4n) is 5.73. The lowest BCUT2D eigenvalue weighted by Crippen LogP contribution is -2.41. The molecule has 0 radical (unpaired) electrons. The number of H-pyrrole nitrogens is 1. The number of hydrogen-bond acceptors (Lipinski definition) is 8. The molecule has 14 heteroatoms. The van der Waals surface area contributed by atoms with E-state index < -0.39 is 51.8 Å². The van der Waals surface area contributed by atoms with Crippen molar-refractivity contribution in [3.63, 3.8) is 0 Å². The average molecular weight is 630 g/mol. The Bertz CT molecular complexity index is 1740. The molecule has 5 heterocycles. The zero-order chi connectivity index (χ0) is 31.2. The lowest BCUT2D eigenvalue weighted by Gasteiger charge is -2.36. The van der Waals surface area contributed by atoms with E-state index in [0.717, 1.165) is 12.8 Å². The predicted molar refractivity (Wildman–Crippen MR) is 154 cm³/mol. The van der Waals surface area contributed by atoms with E-state index in [4.69, 9.17) is 4.74 Å². The number of hydrogen-bond donors (Lipinski definition) is 2. The molecular weight excluding hydrogens is 599 g/mol. The van der Waals surface area contributed by atoms with E-state index in [1.165, 1.54) is 30.2 Å². The summed E-state index contributed by atoms with van der Waals surface area (Å²) in [6.07, 6.45) is 0.842. The molecule has 0 spiro atoms. The van der Waals surface area contributed by atoms with Crippen molar-refractivity contribution < 1.29 is 36.2 Å². The first kappa shape index (κ1) is 29.9. The van der Waals surface area contributed by atoms with Crippen molar-refractivity contribution in [2.75, 3.05) is 23.0 Å². The molecule has 232 valence electrons. The number of carbonyl (C=O) groups is 1. The van der Waals surface area contributed by atoms with Gasteiger partial charge in [-0.3, -0.25) is 0 Å². The average Bonchev–Trinajstić information content (AvgIpc) is 3.45. The third-order valence-electron chi connectivity index (χ3n) is 8.28. The highest BCUT2D eigenvalue weighted by Crippen LogP contribution is 2.46. The van der Waals surface area contributed by atoms with E-state index in [0.29, 0.717) is 11.3 Å².